The lowest BCUT2D eigenvalue weighted by Gasteiger charge is -2.00. The predicted octanol–water partition coefficient (Wildman–Crippen LogP) is 2.99. The normalized spacial score (nSPS) is 10.1. The van der Waals surface area contributed by atoms with E-state index in [-0.39, 0.29) is 5.78 Å². The maximum atomic E-state index is 11.6. The molecule has 0 aliphatic heterocycles. The van der Waals surface area contributed by atoms with E-state index in [9.17, 15) is 4.79 Å². The van der Waals surface area contributed by atoms with Crippen LogP contribution in [0.1, 0.15) is 16.9 Å². The molecule has 0 aliphatic rings. The molecule has 1 heterocycles. The molecule has 2 aromatic rings. The van der Waals surface area contributed by atoms with Crippen LogP contribution in [0.5, 0.6) is 0 Å². The lowest BCUT2D eigenvalue weighted by molar-refractivity contribution is 0.0991. The van der Waals surface area contributed by atoms with E-state index in [2.05, 4.69) is 11.6 Å². The number of hydrogen-bond acceptors (Lipinski definition) is 2. The van der Waals surface area contributed by atoms with E-state index in [1.807, 2.05) is 30.3 Å². The van der Waals surface area contributed by atoms with Crippen molar-refractivity contribution in [2.45, 2.75) is 6.42 Å². The summed E-state index contributed by atoms with van der Waals surface area (Å²) in [6.07, 6.45) is 1.94. The number of ketones is 1. The summed E-state index contributed by atoms with van der Waals surface area (Å²) in [5, 5.41) is 1.05. The molecule has 1 aromatic heterocycles. The minimum Gasteiger partial charge on any atom is -0.292 e. The number of rotatable bonds is 3. The zero-order chi connectivity index (χ0) is 10.7. The Bertz CT molecular complexity index is 517. The van der Waals surface area contributed by atoms with E-state index in [0.29, 0.717) is 12.1 Å². The van der Waals surface area contributed by atoms with Crippen LogP contribution in [0, 0.1) is 0 Å². The molecule has 0 aliphatic carbocycles. The Morgan fingerprint density at radius 1 is 1.27 bits per heavy atom. The predicted molar refractivity (Wildman–Crippen MR) is 60.9 cm³/mol. The maximum Gasteiger partial charge on any atom is 0.184 e. The van der Waals surface area contributed by atoms with Gasteiger partial charge in [-0.2, -0.15) is 0 Å². The van der Waals surface area contributed by atoms with Crippen LogP contribution in [-0.2, 0) is 0 Å². The molecule has 0 amide bonds. The van der Waals surface area contributed by atoms with Crippen LogP contribution in [0.25, 0.3) is 10.9 Å². The van der Waals surface area contributed by atoms with Crippen LogP contribution >= 0.6 is 0 Å². The van der Waals surface area contributed by atoms with E-state index < -0.39 is 0 Å². The molecule has 2 heteroatoms. The lowest BCUT2D eigenvalue weighted by Crippen LogP contribution is -2.00. The standard InChI is InChI=1S/C13H11NO/c1-2-5-13(15)12-9-8-10-6-3-4-7-11(10)14-12/h2-4,6-9H,1,5H2. The van der Waals surface area contributed by atoms with Crippen molar-refractivity contribution in [1.29, 1.82) is 0 Å². The number of carbonyl (C=O) groups is 1. The third-order valence-corrected chi connectivity index (χ3v) is 2.21. The van der Waals surface area contributed by atoms with E-state index in [1.54, 1.807) is 12.1 Å². The molecule has 2 nitrogen and oxygen atoms in total. The Kier molecular flexibility index (Phi) is 2.59. The number of allylic oxidation sites excluding steroid dienone is 1. The van der Waals surface area contributed by atoms with Gasteiger partial charge in [0.25, 0.3) is 0 Å². The molecule has 0 radical (unpaired) electrons. The number of nitrogens with zero attached hydrogens (tertiary/aromatic N) is 1. The van der Waals surface area contributed by atoms with Crippen molar-refractivity contribution in [2.75, 3.05) is 0 Å². The number of hydrogen-bond donors (Lipinski definition) is 0. The van der Waals surface area contributed by atoms with Gasteiger partial charge in [0.2, 0.25) is 0 Å². The van der Waals surface area contributed by atoms with Gasteiger partial charge in [-0.1, -0.05) is 30.3 Å². The Morgan fingerprint density at radius 3 is 2.87 bits per heavy atom. The van der Waals surface area contributed by atoms with Crippen molar-refractivity contribution >= 4 is 16.7 Å². The molecular formula is C13H11NO. The number of carbonyl (C=O) groups excluding carboxylic acids is 1. The third-order valence-electron chi connectivity index (χ3n) is 2.21. The summed E-state index contributed by atoms with van der Waals surface area (Å²) in [6, 6.07) is 11.4. The number of pyridine rings is 1. The van der Waals surface area contributed by atoms with Crippen molar-refractivity contribution in [2.24, 2.45) is 0 Å². The van der Waals surface area contributed by atoms with Crippen molar-refractivity contribution in [1.82, 2.24) is 4.98 Å². The fourth-order valence-corrected chi connectivity index (χ4v) is 1.46. The third kappa shape index (κ3) is 1.94. The first-order chi connectivity index (χ1) is 7.31. The van der Waals surface area contributed by atoms with Crippen molar-refractivity contribution < 1.29 is 4.79 Å². The van der Waals surface area contributed by atoms with Crippen LogP contribution < -0.4 is 0 Å². The SMILES string of the molecule is C=CCC(=O)c1ccc2ccccc2n1. The van der Waals surface area contributed by atoms with Crippen LogP contribution in [0.3, 0.4) is 0 Å². The highest BCUT2D eigenvalue weighted by Gasteiger charge is 2.05. The van der Waals surface area contributed by atoms with Gasteiger partial charge in [-0.3, -0.25) is 4.79 Å². The number of aromatic nitrogens is 1. The topological polar surface area (TPSA) is 30.0 Å². The van der Waals surface area contributed by atoms with Crippen molar-refractivity contribution in [3.8, 4) is 0 Å². The second-order valence-corrected chi connectivity index (χ2v) is 3.31. The van der Waals surface area contributed by atoms with Gasteiger partial charge in [-0.15, -0.1) is 6.58 Å². The Hall–Kier alpha value is -1.96. The monoisotopic (exact) mass is 197 g/mol. The van der Waals surface area contributed by atoms with Gasteiger partial charge >= 0.3 is 0 Å². The van der Waals surface area contributed by atoms with Gasteiger partial charge in [0, 0.05) is 11.8 Å². The minimum atomic E-state index is 0.00996. The van der Waals surface area contributed by atoms with Crippen LogP contribution in [0.4, 0.5) is 0 Å². The molecule has 0 bridgehead atoms. The summed E-state index contributed by atoms with van der Waals surface area (Å²) >= 11 is 0. The quantitative estimate of drug-likeness (QED) is 0.559. The van der Waals surface area contributed by atoms with Crippen molar-refractivity contribution in [3.63, 3.8) is 0 Å². The zero-order valence-electron chi connectivity index (χ0n) is 8.31. The fourth-order valence-electron chi connectivity index (χ4n) is 1.46. The lowest BCUT2D eigenvalue weighted by atomic mass is 10.1. The second-order valence-electron chi connectivity index (χ2n) is 3.31. The summed E-state index contributed by atoms with van der Waals surface area (Å²) in [5.41, 5.74) is 1.36. The van der Waals surface area contributed by atoms with E-state index in [4.69, 9.17) is 0 Å². The van der Waals surface area contributed by atoms with Gasteiger partial charge in [0.05, 0.1) is 5.52 Å². The van der Waals surface area contributed by atoms with E-state index in [1.165, 1.54) is 0 Å². The summed E-state index contributed by atoms with van der Waals surface area (Å²) in [4.78, 5) is 15.9. The first kappa shape index (κ1) is 9.59. The Labute approximate surface area is 88.3 Å². The smallest absolute Gasteiger partial charge is 0.184 e. The molecule has 0 unspecified atom stereocenters. The molecule has 0 spiro atoms. The molecule has 0 saturated heterocycles. The summed E-state index contributed by atoms with van der Waals surface area (Å²) < 4.78 is 0. The van der Waals surface area contributed by atoms with Crippen molar-refractivity contribution in [3.05, 3.63) is 54.7 Å². The summed E-state index contributed by atoms with van der Waals surface area (Å²) in [5.74, 6) is 0.00996. The number of benzene rings is 1. The molecule has 1 aromatic carbocycles. The second kappa shape index (κ2) is 4.05. The maximum absolute atomic E-state index is 11.6. The molecule has 0 fully saturated rings. The van der Waals surface area contributed by atoms with Gasteiger partial charge < -0.3 is 0 Å². The zero-order valence-corrected chi connectivity index (χ0v) is 8.31. The number of fused-ring (bicyclic) bond motifs is 1. The van der Waals surface area contributed by atoms with Gasteiger partial charge in [-0.05, 0) is 12.1 Å². The highest BCUT2D eigenvalue weighted by Crippen LogP contribution is 2.12. The van der Waals surface area contributed by atoms with Gasteiger partial charge in [0.1, 0.15) is 5.69 Å². The largest absolute Gasteiger partial charge is 0.292 e. The molecule has 0 saturated carbocycles. The average Bonchev–Trinajstić information content (AvgIpc) is 2.29. The average molecular weight is 197 g/mol. The first-order valence-corrected chi connectivity index (χ1v) is 4.81. The molecule has 15 heavy (non-hydrogen) atoms. The van der Waals surface area contributed by atoms with E-state index in [0.717, 1.165) is 10.9 Å². The molecule has 0 atom stereocenters. The van der Waals surface area contributed by atoms with Gasteiger partial charge in [-0.25, -0.2) is 4.98 Å². The number of para-hydroxylation sites is 1. The number of Topliss-reactive ketones (excluding diaryl/α,β-unsaturated/α-hetero) is 1. The van der Waals surface area contributed by atoms with Gasteiger partial charge in [0.15, 0.2) is 5.78 Å². The molecule has 74 valence electrons. The fraction of sp³-hybridized carbons (Fsp3) is 0.0769. The highest BCUT2D eigenvalue weighted by molar-refractivity contribution is 5.97. The van der Waals surface area contributed by atoms with Crippen LogP contribution in [0.2, 0.25) is 0 Å². The summed E-state index contributed by atoms with van der Waals surface area (Å²) in [6.45, 7) is 3.54. The minimum absolute atomic E-state index is 0.00996. The highest BCUT2D eigenvalue weighted by atomic mass is 16.1. The Morgan fingerprint density at radius 2 is 2.07 bits per heavy atom. The molecule has 2 rings (SSSR count). The molecule has 0 N–H and O–H groups in total. The first-order valence-electron chi connectivity index (χ1n) is 4.81. The Balaban J connectivity index is 2.46. The summed E-state index contributed by atoms with van der Waals surface area (Å²) in [7, 11) is 0. The van der Waals surface area contributed by atoms with Crippen LogP contribution in [-0.4, -0.2) is 10.8 Å². The van der Waals surface area contributed by atoms with E-state index >= 15 is 0 Å². The van der Waals surface area contributed by atoms with Crippen LogP contribution in [0.15, 0.2) is 49.1 Å². The molecular weight excluding hydrogens is 186 g/mol.